The van der Waals surface area contributed by atoms with E-state index in [0.717, 1.165) is 63.1 Å². The van der Waals surface area contributed by atoms with E-state index >= 15 is 0 Å². The van der Waals surface area contributed by atoms with Gasteiger partial charge in [-0.1, -0.05) is 29.8 Å². The fourth-order valence-corrected chi connectivity index (χ4v) is 3.77. The van der Waals surface area contributed by atoms with E-state index in [2.05, 4.69) is 38.7 Å². The Kier molecular flexibility index (Phi) is 9.33. The molecule has 6 heteroatoms. The Morgan fingerprint density at radius 1 is 1.17 bits per heavy atom. The van der Waals surface area contributed by atoms with Crippen LogP contribution in [0.4, 0.5) is 0 Å². The maximum Gasteiger partial charge on any atom is 0.191 e. The van der Waals surface area contributed by atoms with Crippen LogP contribution in [0.15, 0.2) is 40.9 Å². The van der Waals surface area contributed by atoms with Crippen LogP contribution in [-0.2, 0) is 11.3 Å². The van der Waals surface area contributed by atoms with Gasteiger partial charge < -0.3 is 20.1 Å². The molecule has 1 aromatic carbocycles. The summed E-state index contributed by atoms with van der Waals surface area (Å²) in [5.74, 6) is 1.78. The molecule has 0 spiro atoms. The molecular weight excluding hydrogens is 364 g/mol. The van der Waals surface area contributed by atoms with Crippen molar-refractivity contribution in [2.45, 2.75) is 38.6 Å². The lowest BCUT2D eigenvalue weighted by Gasteiger charge is -2.26. The Morgan fingerprint density at radius 3 is 2.83 bits per heavy atom. The lowest BCUT2D eigenvalue weighted by molar-refractivity contribution is 0.0322. The third-order valence-corrected chi connectivity index (χ3v) is 5.53. The highest BCUT2D eigenvalue weighted by Gasteiger charge is 2.11. The van der Waals surface area contributed by atoms with Crippen molar-refractivity contribution in [1.29, 1.82) is 0 Å². The number of guanidine groups is 1. The normalized spacial score (nSPS) is 18.2. The van der Waals surface area contributed by atoms with E-state index in [4.69, 9.17) is 9.47 Å². The summed E-state index contributed by atoms with van der Waals surface area (Å²) >= 11 is 0. The van der Waals surface area contributed by atoms with Gasteiger partial charge in [0.2, 0.25) is 0 Å². The molecule has 0 aromatic heterocycles. The van der Waals surface area contributed by atoms with Crippen molar-refractivity contribution in [2.75, 3.05) is 53.0 Å². The molecule has 0 radical (unpaired) electrons. The monoisotopic (exact) mass is 400 g/mol. The van der Waals surface area contributed by atoms with Crippen molar-refractivity contribution in [3.8, 4) is 5.75 Å². The highest BCUT2D eigenvalue weighted by Crippen LogP contribution is 2.19. The molecule has 6 nitrogen and oxygen atoms in total. The van der Waals surface area contributed by atoms with Crippen LogP contribution < -0.4 is 15.4 Å². The SMILES string of the molecule is CN=C(NCCC1=CCCCC1)NCc1ccccc1OCCN1CCOCC1. The van der Waals surface area contributed by atoms with Gasteiger partial charge in [0.15, 0.2) is 5.96 Å². The summed E-state index contributed by atoms with van der Waals surface area (Å²) in [6.07, 6.45) is 8.68. The second-order valence-corrected chi connectivity index (χ2v) is 7.62. The molecule has 0 unspecified atom stereocenters. The van der Waals surface area contributed by atoms with Crippen LogP contribution in [0.1, 0.15) is 37.7 Å². The number of ether oxygens (including phenoxy) is 2. The Hall–Kier alpha value is -2.05. The Labute approximate surface area is 175 Å². The molecule has 1 saturated heterocycles. The largest absolute Gasteiger partial charge is 0.492 e. The number of morpholine rings is 1. The molecule has 0 saturated carbocycles. The summed E-state index contributed by atoms with van der Waals surface area (Å²) in [5, 5.41) is 6.85. The van der Waals surface area contributed by atoms with Crippen LogP contribution in [0.5, 0.6) is 5.75 Å². The quantitative estimate of drug-likeness (QED) is 0.379. The number of benzene rings is 1. The molecular formula is C23H36N4O2. The van der Waals surface area contributed by atoms with E-state index in [1.165, 1.54) is 25.7 Å². The van der Waals surface area contributed by atoms with Crippen molar-refractivity contribution in [3.63, 3.8) is 0 Å². The minimum atomic E-state index is 0.691. The van der Waals surface area contributed by atoms with Gasteiger partial charge in [-0.15, -0.1) is 0 Å². The van der Waals surface area contributed by atoms with E-state index in [1.54, 1.807) is 5.57 Å². The highest BCUT2D eigenvalue weighted by molar-refractivity contribution is 5.79. The van der Waals surface area contributed by atoms with Crippen molar-refractivity contribution in [2.24, 2.45) is 4.99 Å². The third kappa shape index (κ3) is 7.71. The van der Waals surface area contributed by atoms with Gasteiger partial charge in [0.05, 0.1) is 13.2 Å². The minimum Gasteiger partial charge on any atom is -0.492 e. The second-order valence-electron chi connectivity index (χ2n) is 7.62. The van der Waals surface area contributed by atoms with E-state index in [-0.39, 0.29) is 0 Å². The zero-order valence-corrected chi connectivity index (χ0v) is 17.8. The van der Waals surface area contributed by atoms with Gasteiger partial charge in [-0.2, -0.15) is 0 Å². The van der Waals surface area contributed by atoms with Gasteiger partial charge >= 0.3 is 0 Å². The van der Waals surface area contributed by atoms with E-state index in [9.17, 15) is 0 Å². The third-order valence-electron chi connectivity index (χ3n) is 5.53. The van der Waals surface area contributed by atoms with Crippen LogP contribution >= 0.6 is 0 Å². The molecule has 0 amide bonds. The van der Waals surface area contributed by atoms with Gasteiger partial charge in [0, 0.05) is 45.3 Å². The van der Waals surface area contributed by atoms with Gasteiger partial charge in [0.25, 0.3) is 0 Å². The average molecular weight is 401 g/mol. The minimum absolute atomic E-state index is 0.691. The molecule has 0 atom stereocenters. The second kappa shape index (κ2) is 12.5. The van der Waals surface area contributed by atoms with E-state index in [1.807, 2.05) is 19.2 Å². The first-order valence-corrected chi connectivity index (χ1v) is 11.0. The zero-order valence-electron chi connectivity index (χ0n) is 17.8. The summed E-state index contributed by atoms with van der Waals surface area (Å²) in [7, 11) is 1.82. The molecule has 1 aromatic rings. The summed E-state index contributed by atoms with van der Waals surface area (Å²) in [4.78, 5) is 6.74. The van der Waals surface area contributed by atoms with Gasteiger partial charge in [-0.25, -0.2) is 0 Å². The number of hydrogen-bond acceptors (Lipinski definition) is 4. The summed E-state index contributed by atoms with van der Waals surface area (Å²) in [6.45, 7) is 6.87. The number of nitrogens with zero attached hydrogens (tertiary/aromatic N) is 2. The summed E-state index contributed by atoms with van der Waals surface area (Å²) < 4.78 is 11.5. The molecule has 0 bridgehead atoms. The number of rotatable bonds is 9. The van der Waals surface area contributed by atoms with Crippen molar-refractivity contribution < 1.29 is 9.47 Å². The zero-order chi connectivity index (χ0) is 20.2. The number of hydrogen-bond donors (Lipinski definition) is 2. The summed E-state index contributed by atoms with van der Waals surface area (Å²) in [5.41, 5.74) is 2.73. The molecule has 160 valence electrons. The Balaban J connectivity index is 1.40. The number of nitrogens with one attached hydrogen (secondary N) is 2. The van der Waals surface area contributed by atoms with Gasteiger partial charge in [-0.3, -0.25) is 9.89 Å². The lowest BCUT2D eigenvalue weighted by Crippen LogP contribution is -2.39. The molecule has 3 rings (SSSR count). The first kappa shape index (κ1) is 21.7. The maximum atomic E-state index is 6.08. The van der Waals surface area contributed by atoms with Crippen LogP contribution in [-0.4, -0.2) is 63.9 Å². The summed E-state index contributed by atoms with van der Waals surface area (Å²) in [6, 6.07) is 8.23. The van der Waals surface area contributed by atoms with E-state index in [0.29, 0.717) is 13.2 Å². The average Bonchev–Trinajstić information content (AvgIpc) is 2.78. The number of aliphatic imine (C=N–C) groups is 1. The van der Waals surface area contributed by atoms with Gasteiger partial charge in [-0.05, 0) is 38.2 Å². The fraction of sp³-hybridized carbons (Fsp3) is 0.609. The van der Waals surface area contributed by atoms with Crippen LogP contribution in [0.3, 0.4) is 0 Å². The van der Waals surface area contributed by atoms with E-state index < -0.39 is 0 Å². The number of allylic oxidation sites excluding steroid dienone is 1. The molecule has 1 aliphatic carbocycles. The molecule has 2 N–H and O–H groups in total. The van der Waals surface area contributed by atoms with Crippen molar-refractivity contribution in [1.82, 2.24) is 15.5 Å². The standard InChI is InChI=1S/C23H36N4O2/c1-24-23(25-12-11-20-7-3-2-4-8-20)26-19-21-9-5-6-10-22(21)29-18-15-27-13-16-28-17-14-27/h5-7,9-10H,2-4,8,11-19H2,1H3,(H2,24,25,26). The van der Waals surface area contributed by atoms with Crippen LogP contribution in [0, 0.1) is 0 Å². The topological polar surface area (TPSA) is 58.1 Å². The van der Waals surface area contributed by atoms with Crippen molar-refractivity contribution >= 4 is 5.96 Å². The Morgan fingerprint density at radius 2 is 2.03 bits per heavy atom. The predicted molar refractivity (Wildman–Crippen MR) is 119 cm³/mol. The molecule has 2 aliphatic rings. The highest BCUT2D eigenvalue weighted by atomic mass is 16.5. The first-order chi connectivity index (χ1) is 14.3. The molecule has 29 heavy (non-hydrogen) atoms. The fourth-order valence-electron chi connectivity index (χ4n) is 3.77. The number of para-hydroxylation sites is 1. The Bertz CT molecular complexity index is 669. The lowest BCUT2D eigenvalue weighted by atomic mass is 9.97. The molecule has 1 fully saturated rings. The van der Waals surface area contributed by atoms with Gasteiger partial charge in [0.1, 0.15) is 12.4 Å². The smallest absolute Gasteiger partial charge is 0.191 e. The maximum absolute atomic E-state index is 6.08. The first-order valence-electron chi connectivity index (χ1n) is 11.0. The van der Waals surface area contributed by atoms with Crippen molar-refractivity contribution in [3.05, 3.63) is 41.5 Å². The van der Waals surface area contributed by atoms with Crippen LogP contribution in [0.2, 0.25) is 0 Å². The molecule has 1 aliphatic heterocycles. The molecule has 1 heterocycles. The predicted octanol–water partition coefficient (Wildman–Crippen LogP) is 2.95. The van der Waals surface area contributed by atoms with Crippen LogP contribution in [0.25, 0.3) is 0 Å².